The van der Waals surface area contributed by atoms with Crippen LogP contribution in [0.4, 0.5) is 0 Å². The summed E-state index contributed by atoms with van der Waals surface area (Å²) < 4.78 is 8.35. The van der Waals surface area contributed by atoms with Gasteiger partial charge >= 0.3 is 0 Å². The second-order valence-corrected chi connectivity index (χ2v) is 6.21. The van der Waals surface area contributed by atoms with Crippen LogP contribution in [0.15, 0.2) is 47.1 Å². The third-order valence-corrected chi connectivity index (χ3v) is 3.84. The number of hydrazine groups is 1. The molecule has 0 aliphatic heterocycles. The zero-order valence-corrected chi connectivity index (χ0v) is 15.0. The average Bonchev–Trinajstić information content (AvgIpc) is 2.95. The normalized spacial score (nSPS) is 10.2. The maximum Gasteiger partial charge on any atom is 0.244 e. The Kier molecular flexibility index (Phi) is 6.87. The largest absolute Gasteiger partial charge is 0.494 e. The van der Waals surface area contributed by atoms with E-state index in [-0.39, 0.29) is 24.7 Å². The van der Waals surface area contributed by atoms with Gasteiger partial charge in [-0.1, -0.05) is 22.0 Å². The third kappa shape index (κ3) is 6.08. The van der Waals surface area contributed by atoms with Crippen LogP contribution < -0.4 is 15.6 Å². The number of nitrogens with one attached hydrogen (secondary N) is 2. The van der Waals surface area contributed by atoms with E-state index in [2.05, 4.69) is 26.8 Å². The molecule has 2 aromatic rings. The molecule has 0 radical (unpaired) electrons. The molecule has 0 unspecified atom stereocenters. The lowest BCUT2D eigenvalue weighted by molar-refractivity contribution is -0.128. The van der Waals surface area contributed by atoms with Crippen molar-refractivity contribution in [2.75, 3.05) is 6.61 Å². The molecule has 0 fully saturated rings. The van der Waals surface area contributed by atoms with Gasteiger partial charge in [-0.3, -0.25) is 20.4 Å². The summed E-state index contributed by atoms with van der Waals surface area (Å²) in [6.07, 6.45) is 2.92. The molecule has 24 heavy (non-hydrogen) atoms. The number of nitrogens with zero attached hydrogens (tertiary/aromatic N) is 1. The van der Waals surface area contributed by atoms with Gasteiger partial charge in [0.1, 0.15) is 5.75 Å². The zero-order valence-electron chi connectivity index (χ0n) is 13.4. The van der Waals surface area contributed by atoms with Crippen molar-refractivity contribution in [1.29, 1.82) is 0 Å². The Morgan fingerprint density at radius 3 is 2.67 bits per heavy atom. The summed E-state index contributed by atoms with van der Waals surface area (Å²) in [7, 11) is 1.87. The van der Waals surface area contributed by atoms with Crippen LogP contribution in [0, 0.1) is 0 Å². The van der Waals surface area contributed by atoms with Gasteiger partial charge in [-0.05, 0) is 36.8 Å². The van der Waals surface area contributed by atoms with Gasteiger partial charge in [-0.2, -0.15) is 0 Å². The number of rotatable bonds is 7. The van der Waals surface area contributed by atoms with Crippen molar-refractivity contribution in [2.45, 2.75) is 19.3 Å². The van der Waals surface area contributed by atoms with E-state index in [9.17, 15) is 9.59 Å². The Labute approximate surface area is 149 Å². The number of carbonyl (C=O) groups is 2. The predicted octanol–water partition coefficient (Wildman–Crippen LogP) is 2.34. The van der Waals surface area contributed by atoms with Crippen LogP contribution in [-0.4, -0.2) is 23.0 Å². The highest BCUT2D eigenvalue weighted by Gasteiger charge is 2.07. The minimum absolute atomic E-state index is 0.218. The van der Waals surface area contributed by atoms with Crippen LogP contribution in [0.25, 0.3) is 0 Å². The van der Waals surface area contributed by atoms with E-state index in [1.807, 2.05) is 54.2 Å². The van der Waals surface area contributed by atoms with Crippen LogP contribution in [-0.2, 0) is 23.1 Å². The fourth-order valence-corrected chi connectivity index (χ4v) is 2.45. The van der Waals surface area contributed by atoms with Gasteiger partial charge in [0.25, 0.3) is 0 Å². The fraction of sp³-hybridized carbons (Fsp3) is 0.294. The Balaban J connectivity index is 1.59. The van der Waals surface area contributed by atoms with Crippen molar-refractivity contribution in [3.8, 4) is 5.75 Å². The Morgan fingerprint density at radius 2 is 1.96 bits per heavy atom. The first-order chi connectivity index (χ1) is 11.5. The number of aromatic nitrogens is 1. The summed E-state index contributed by atoms with van der Waals surface area (Å²) >= 11 is 3.37. The highest BCUT2D eigenvalue weighted by Crippen LogP contribution is 2.17. The molecule has 7 heteroatoms. The van der Waals surface area contributed by atoms with Gasteiger partial charge in [0.15, 0.2) is 0 Å². The number of hydrogen-bond donors (Lipinski definition) is 2. The minimum atomic E-state index is -0.254. The Bertz CT molecular complexity index is 700. The van der Waals surface area contributed by atoms with Crippen LogP contribution in [0.5, 0.6) is 5.75 Å². The molecule has 0 aliphatic rings. The van der Waals surface area contributed by atoms with Gasteiger partial charge in [0, 0.05) is 29.8 Å². The molecule has 128 valence electrons. The van der Waals surface area contributed by atoms with E-state index in [1.165, 1.54) is 0 Å². The number of ether oxygens (including phenoxy) is 1. The van der Waals surface area contributed by atoms with Crippen LogP contribution in [0.3, 0.4) is 0 Å². The lowest BCUT2D eigenvalue weighted by atomic mass is 10.3. The van der Waals surface area contributed by atoms with E-state index in [1.54, 1.807) is 0 Å². The topological polar surface area (TPSA) is 72.4 Å². The molecule has 2 amide bonds. The summed E-state index contributed by atoms with van der Waals surface area (Å²) in [6, 6.07) is 11.2. The molecule has 0 saturated carbocycles. The molecule has 1 aromatic heterocycles. The first kappa shape index (κ1) is 18.1. The van der Waals surface area contributed by atoms with Crippen LogP contribution >= 0.6 is 15.9 Å². The molecule has 0 bridgehead atoms. The standard InChI is InChI=1S/C17H20BrN3O3/c1-21-9-3-6-14(21)12-17(23)20-19-16(22)8-4-10-24-15-7-2-5-13(18)11-15/h2-3,5-7,9,11H,4,8,10,12H2,1H3,(H,19,22)(H,20,23). The lowest BCUT2D eigenvalue weighted by Crippen LogP contribution is -2.42. The van der Waals surface area contributed by atoms with Gasteiger partial charge in [-0.15, -0.1) is 0 Å². The van der Waals surface area contributed by atoms with E-state index < -0.39 is 0 Å². The van der Waals surface area contributed by atoms with E-state index in [4.69, 9.17) is 4.74 Å². The number of carbonyl (C=O) groups excluding carboxylic acids is 2. The average molecular weight is 394 g/mol. The fourth-order valence-electron chi connectivity index (χ4n) is 2.07. The first-order valence-corrected chi connectivity index (χ1v) is 8.40. The van der Waals surface area contributed by atoms with Gasteiger partial charge < -0.3 is 9.30 Å². The molecular weight excluding hydrogens is 374 g/mol. The van der Waals surface area contributed by atoms with Gasteiger partial charge in [-0.25, -0.2) is 0 Å². The van der Waals surface area contributed by atoms with E-state index in [0.717, 1.165) is 15.9 Å². The number of benzene rings is 1. The molecule has 1 aromatic carbocycles. The van der Waals surface area contributed by atoms with Gasteiger partial charge in [0.05, 0.1) is 13.0 Å². The molecule has 0 atom stereocenters. The predicted molar refractivity (Wildman–Crippen MR) is 94.3 cm³/mol. The van der Waals surface area contributed by atoms with Crippen molar-refractivity contribution < 1.29 is 14.3 Å². The van der Waals surface area contributed by atoms with Crippen molar-refractivity contribution in [1.82, 2.24) is 15.4 Å². The molecule has 0 saturated heterocycles. The maximum atomic E-state index is 11.7. The number of hydrogen-bond acceptors (Lipinski definition) is 3. The molecule has 0 spiro atoms. The smallest absolute Gasteiger partial charge is 0.244 e. The molecule has 2 N–H and O–H groups in total. The van der Waals surface area contributed by atoms with Gasteiger partial charge in [0.2, 0.25) is 11.8 Å². The van der Waals surface area contributed by atoms with Crippen LogP contribution in [0.1, 0.15) is 18.5 Å². The number of aryl methyl sites for hydroxylation is 1. The second kappa shape index (κ2) is 9.12. The quantitative estimate of drug-likeness (QED) is 0.560. The molecule has 0 aliphatic carbocycles. The third-order valence-electron chi connectivity index (χ3n) is 3.35. The number of halogens is 1. The van der Waals surface area contributed by atoms with E-state index in [0.29, 0.717) is 13.0 Å². The Morgan fingerprint density at radius 1 is 1.17 bits per heavy atom. The lowest BCUT2D eigenvalue weighted by Gasteiger charge is -2.09. The maximum absolute atomic E-state index is 11.7. The SMILES string of the molecule is Cn1cccc1CC(=O)NNC(=O)CCCOc1cccc(Br)c1. The van der Waals surface area contributed by atoms with Crippen molar-refractivity contribution in [3.63, 3.8) is 0 Å². The Hall–Kier alpha value is -2.28. The highest BCUT2D eigenvalue weighted by atomic mass is 79.9. The van der Waals surface area contributed by atoms with Crippen molar-refractivity contribution >= 4 is 27.7 Å². The monoisotopic (exact) mass is 393 g/mol. The molecule has 2 rings (SSSR count). The number of amides is 2. The van der Waals surface area contributed by atoms with Crippen molar-refractivity contribution in [2.24, 2.45) is 7.05 Å². The first-order valence-electron chi connectivity index (χ1n) is 7.61. The summed E-state index contributed by atoms with van der Waals surface area (Å²) in [5, 5.41) is 0. The molecule has 1 heterocycles. The highest BCUT2D eigenvalue weighted by molar-refractivity contribution is 9.10. The second-order valence-electron chi connectivity index (χ2n) is 5.29. The summed E-state index contributed by atoms with van der Waals surface area (Å²) in [5.41, 5.74) is 5.71. The minimum Gasteiger partial charge on any atom is -0.494 e. The van der Waals surface area contributed by atoms with Crippen molar-refractivity contribution in [3.05, 3.63) is 52.8 Å². The molecule has 6 nitrogen and oxygen atoms in total. The van der Waals surface area contributed by atoms with Crippen LogP contribution in [0.2, 0.25) is 0 Å². The summed E-state index contributed by atoms with van der Waals surface area (Å²) in [5.74, 6) is 0.254. The summed E-state index contributed by atoms with van der Waals surface area (Å²) in [6.45, 7) is 0.432. The van der Waals surface area contributed by atoms with E-state index >= 15 is 0 Å². The molecular formula is C17H20BrN3O3. The summed E-state index contributed by atoms with van der Waals surface area (Å²) in [4.78, 5) is 23.4. The zero-order chi connectivity index (χ0) is 17.4.